The standard InChI is InChI=1S/C12H12N3O3/c1-7-2-3-10(15(17)18)11-8(4-9(13)6-16)5-14-12(7)11/h2-3,5,9,14H,4,13H2,1H3/t9-/m0/s1. The van der Waals surface area contributed by atoms with Gasteiger partial charge in [-0.25, -0.2) is 0 Å². The van der Waals surface area contributed by atoms with Crippen LogP contribution in [0.25, 0.3) is 10.9 Å². The van der Waals surface area contributed by atoms with Gasteiger partial charge >= 0.3 is 0 Å². The van der Waals surface area contributed by atoms with E-state index in [1.54, 1.807) is 18.5 Å². The van der Waals surface area contributed by atoms with Crippen molar-refractivity contribution in [3.8, 4) is 0 Å². The highest BCUT2D eigenvalue weighted by atomic mass is 16.6. The molecule has 0 aliphatic heterocycles. The first-order valence-electron chi connectivity index (χ1n) is 5.41. The number of nitrogens with zero attached hydrogens (tertiary/aromatic N) is 1. The number of fused-ring (bicyclic) bond motifs is 1. The van der Waals surface area contributed by atoms with Gasteiger partial charge < -0.3 is 10.7 Å². The zero-order valence-electron chi connectivity index (χ0n) is 9.77. The van der Waals surface area contributed by atoms with Crippen molar-refractivity contribution in [2.75, 3.05) is 0 Å². The summed E-state index contributed by atoms with van der Waals surface area (Å²) in [5.74, 6) is 0. The fourth-order valence-corrected chi connectivity index (χ4v) is 2.03. The topological polar surface area (TPSA) is 102 Å². The van der Waals surface area contributed by atoms with Crippen molar-refractivity contribution in [2.45, 2.75) is 19.4 Å². The van der Waals surface area contributed by atoms with Crippen molar-refractivity contribution in [1.29, 1.82) is 0 Å². The minimum absolute atomic E-state index is 0.0185. The minimum atomic E-state index is -0.774. The number of hydrogen-bond acceptors (Lipinski definition) is 4. The fourth-order valence-electron chi connectivity index (χ4n) is 2.03. The summed E-state index contributed by atoms with van der Waals surface area (Å²) < 4.78 is 0. The van der Waals surface area contributed by atoms with Crippen molar-refractivity contribution in [3.63, 3.8) is 0 Å². The lowest BCUT2D eigenvalue weighted by Crippen LogP contribution is -2.23. The molecule has 18 heavy (non-hydrogen) atoms. The second-order valence-corrected chi connectivity index (χ2v) is 4.15. The highest BCUT2D eigenvalue weighted by Gasteiger charge is 2.19. The molecule has 1 atom stereocenters. The molecule has 0 aliphatic carbocycles. The Morgan fingerprint density at radius 2 is 2.28 bits per heavy atom. The Balaban J connectivity index is 2.64. The van der Waals surface area contributed by atoms with Gasteiger partial charge in [-0.05, 0) is 24.5 Å². The van der Waals surface area contributed by atoms with Crippen LogP contribution < -0.4 is 5.73 Å². The van der Waals surface area contributed by atoms with E-state index in [2.05, 4.69) is 4.98 Å². The highest BCUT2D eigenvalue weighted by Crippen LogP contribution is 2.31. The first kappa shape index (κ1) is 12.3. The molecule has 0 aliphatic rings. The zero-order chi connectivity index (χ0) is 13.3. The van der Waals surface area contributed by atoms with E-state index >= 15 is 0 Å². The number of aryl methyl sites for hydroxylation is 1. The Morgan fingerprint density at radius 3 is 2.89 bits per heavy atom. The first-order valence-corrected chi connectivity index (χ1v) is 5.41. The molecule has 0 fully saturated rings. The number of H-pyrrole nitrogens is 1. The number of aromatic amines is 1. The largest absolute Gasteiger partial charge is 0.360 e. The SMILES string of the molecule is Cc1ccc([N+](=O)[O-])c2c(C[C@H](N)[C]=O)c[nH]c12. The van der Waals surface area contributed by atoms with Gasteiger partial charge in [0.2, 0.25) is 6.29 Å². The third-order valence-electron chi connectivity index (χ3n) is 2.89. The van der Waals surface area contributed by atoms with Gasteiger partial charge in [-0.1, -0.05) is 6.07 Å². The van der Waals surface area contributed by atoms with Gasteiger partial charge in [0.1, 0.15) is 0 Å². The van der Waals surface area contributed by atoms with Crippen LogP contribution in [0.15, 0.2) is 18.3 Å². The van der Waals surface area contributed by atoms with Crippen LogP contribution in [-0.4, -0.2) is 22.2 Å². The smallest absolute Gasteiger partial charge is 0.279 e. The molecule has 2 aromatic rings. The van der Waals surface area contributed by atoms with Crippen LogP contribution in [0.3, 0.4) is 0 Å². The Hall–Kier alpha value is -2.21. The molecule has 0 bridgehead atoms. The average molecular weight is 246 g/mol. The first-order chi connectivity index (χ1) is 8.54. The van der Waals surface area contributed by atoms with Crippen LogP contribution in [0.4, 0.5) is 5.69 Å². The minimum Gasteiger partial charge on any atom is -0.360 e. The van der Waals surface area contributed by atoms with Gasteiger partial charge in [0.25, 0.3) is 5.69 Å². The summed E-state index contributed by atoms with van der Waals surface area (Å²) >= 11 is 0. The van der Waals surface area contributed by atoms with E-state index in [4.69, 9.17) is 5.73 Å². The molecule has 1 radical (unpaired) electrons. The van der Waals surface area contributed by atoms with Gasteiger partial charge in [0, 0.05) is 12.3 Å². The van der Waals surface area contributed by atoms with Gasteiger partial charge in [0.15, 0.2) is 0 Å². The molecule has 0 unspecified atom stereocenters. The molecule has 6 heteroatoms. The van der Waals surface area contributed by atoms with Gasteiger partial charge in [-0.15, -0.1) is 0 Å². The number of hydrogen-bond donors (Lipinski definition) is 2. The molecule has 1 aromatic heterocycles. The molecule has 0 saturated carbocycles. The third-order valence-corrected chi connectivity index (χ3v) is 2.89. The predicted molar refractivity (Wildman–Crippen MR) is 67.1 cm³/mol. The Morgan fingerprint density at radius 1 is 1.56 bits per heavy atom. The van der Waals surface area contributed by atoms with Crippen LogP contribution in [0, 0.1) is 17.0 Å². The lowest BCUT2D eigenvalue weighted by molar-refractivity contribution is -0.383. The summed E-state index contributed by atoms with van der Waals surface area (Å²) in [5.41, 5.74) is 7.81. The molecule has 1 aromatic carbocycles. The van der Waals surface area contributed by atoms with Crippen molar-refractivity contribution in [1.82, 2.24) is 4.98 Å². The number of rotatable bonds is 4. The maximum absolute atomic E-state index is 11.0. The summed E-state index contributed by atoms with van der Waals surface area (Å²) in [6.07, 6.45) is 3.56. The number of nitrogens with two attached hydrogens (primary N) is 1. The van der Waals surface area contributed by atoms with Crippen LogP contribution in [0.1, 0.15) is 11.1 Å². The van der Waals surface area contributed by atoms with Crippen LogP contribution in [0.5, 0.6) is 0 Å². The molecule has 1 heterocycles. The average Bonchev–Trinajstić information content (AvgIpc) is 2.74. The number of nitro groups is 1. The van der Waals surface area contributed by atoms with Crippen LogP contribution in [0.2, 0.25) is 0 Å². The molecule has 2 rings (SSSR count). The van der Waals surface area contributed by atoms with Crippen molar-refractivity contribution in [3.05, 3.63) is 39.6 Å². The number of carbonyl (C=O) groups excluding carboxylic acids is 1. The van der Waals surface area contributed by atoms with E-state index in [9.17, 15) is 14.9 Å². The molecule has 0 amide bonds. The van der Waals surface area contributed by atoms with Gasteiger partial charge in [0.05, 0.1) is 21.9 Å². The van der Waals surface area contributed by atoms with Crippen LogP contribution in [-0.2, 0) is 11.2 Å². The number of nitro benzene ring substituents is 1. The molecule has 6 nitrogen and oxygen atoms in total. The molecule has 0 spiro atoms. The van der Waals surface area contributed by atoms with E-state index in [1.165, 1.54) is 6.07 Å². The predicted octanol–water partition coefficient (Wildman–Crippen LogP) is 1.36. The van der Waals surface area contributed by atoms with E-state index in [-0.39, 0.29) is 12.1 Å². The van der Waals surface area contributed by atoms with Gasteiger partial charge in [-0.3, -0.25) is 14.9 Å². The molecular weight excluding hydrogens is 234 g/mol. The maximum atomic E-state index is 11.0. The van der Waals surface area contributed by atoms with E-state index in [1.807, 2.05) is 6.92 Å². The van der Waals surface area contributed by atoms with E-state index in [0.29, 0.717) is 16.5 Å². The van der Waals surface area contributed by atoms with Crippen molar-refractivity contribution < 1.29 is 9.72 Å². The number of nitrogens with one attached hydrogen (secondary N) is 1. The summed E-state index contributed by atoms with van der Waals surface area (Å²) in [6.45, 7) is 1.86. The lowest BCUT2D eigenvalue weighted by atomic mass is 10.0. The number of benzene rings is 1. The lowest BCUT2D eigenvalue weighted by Gasteiger charge is -2.03. The fraction of sp³-hybridized carbons (Fsp3) is 0.250. The van der Waals surface area contributed by atoms with E-state index in [0.717, 1.165) is 5.56 Å². The normalized spacial score (nSPS) is 12.6. The number of non-ortho nitro benzene ring substituents is 1. The summed E-state index contributed by atoms with van der Waals surface area (Å²) in [7, 11) is 0. The Kier molecular flexibility index (Phi) is 3.12. The molecular formula is C12H12N3O3. The second kappa shape index (κ2) is 4.58. The highest BCUT2D eigenvalue weighted by molar-refractivity contribution is 5.94. The molecule has 93 valence electrons. The quantitative estimate of drug-likeness (QED) is 0.628. The third kappa shape index (κ3) is 1.98. The summed E-state index contributed by atoms with van der Waals surface area (Å²) in [4.78, 5) is 24.0. The van der Waals surface area contributed by atoms with E-state index < -0.39 is 11.0 Å². The van der Waals surface area contributed by atoms with Crippen LogP contribution >= 0.6 is 0 Å². The Bertz CT molecular complexity index is 618. The molecule has 3 N–H and O–H groups in total. The summed E-state index contributed by atoms with van der Waals surface area (Å²) in [6, 6.07) is 2.38. The second-order valence-electron chi connectivity index (χ2n) is 4.15. The number of aromatic nitrogens is 1. The monoisotopic (exact) mass is 246 g/mol. The molecule has 0 saturated heterocycles. The zero-order valence-corrected chi connectivity index (χ0v) is 9.77. The van der Waals surface area contributed by atoms with Crippen molar-refractivity contribution in [2.24, 2.45) is 5.73 Å². The maximum Gasteiger partial charge on any atom is 0.279 e. The Labute approximate surface area is 103 Å². The van der Waals surface area contributed by atoms with Gasteiger partial charge in [-0.2, -0.15) is 0 Å². The summed E-state index contributed by atoms with van der Waals surface area (Å²) in [5, 5.41) is 11.5. The van der Waals surface area contributed by atoms with Crippen molar-refractivity contribution >= 4 is 22.9 Å².